The molecule has 0 aliphatic carbocycles. The van der Waals surface area contributed by atoms with Gasteiger partial charge in [0, 0.05) is 16.4 Å². The molecule has 0 fully saturated rings. The van der Waals surface area contributed by atoms with Crippen LogP contribution in [0.5, 0.6) is 11.5 Å². The third kappa shape index (κ3) is 6.69. The largest absolute Gasteiger partial charge is 0.484 e. The Morgan fingerprint density at radius 3 is 2.00 bits per heavy atom. The van der Waals surface area contributed by atoms with Crippen molar-refractivity contribution in [2.75, 3.05) is 23.8 Å². The minimum Gasteiger partial charge on any atom is -0.484 e. The molecule has 0 saturated heterocycles. The van der Waals surface area contributed by atoms with Gasteiger partial charge >= 0.3 is 0 Å². The van der Waals surface area contributed by atoms with Gasteiger partial charge in [-0.1, -0.05) is 47.5 Å². The van der Waals surface area contributed by atoms with Crippen molar-refractivity contribution >= 4 is 46.4 Å². The second-order valence-electron chi connectivity index (χ2n) is 6.14. The van der Waals surface area contributed by atoms with Crippen molar-refractivity contribution in [2.24, 2.45) is 0 Å². The Balaban J connectivity index is 1.49. The van der Waals surface area contributed by atoms with Crippen LogP contribution < -0.4 is 20.1 Å². The van der Waals surface area contributed by atoms with E-state index in [2.05, 4.69) is 10.6 Å². The van der Waals surface area contributed by atoms with Gasteiger partial charge in [0.1, 0.15) is 11.5 Å². The van der Waals surface area contributed by atoms with Crippen molar-refractivity contribution in [3.8, 4) is 11.5 Å². The van der Waals surface area contributed by atoms with E-state index in [1.165, 1.54) is 6.07 Å². The molecule has 0 heterocycles. The quantitative estimate of drug-likeness (QED) is 0.510. The minimum absolute atomic E-state index is 0.129. The molecule has 0 spiro atoms. The fraction of sp³-hybridized carbons (Fsp3) is 0.0909. The predicted molar refractivity (Wildman–Crippen MR) is 118 cm³/mol. The molecule has 3 rings (SSSR count). The summed E-state index contributed by atoms with van der Waals surface area (Å²) in [5.41, 5.74) is 1.03. The van der Waals surface area contributed by atoms with Crippen LogP contribution in [0.1, 0.15) is 0 Å². The van der Waals surface area contributed by atoms with Crippen molar-refractivity contribution in [2.45, 2.75) is 0 Å². The molecule has 0 atom stereocenters. The summed E-state index contributed by atoms with van der Waals surface area (Å²) in [5.74, 6) is 0.269. The molecule has 2 N–H and O–H groups in total. The molecule has 3 aromatic rings. The Labute approximate surface area is 183 Å². The summed E-state index contributed by atoms with van der Waals surface area (Å²) in [6, 6.07) is 20.5. The fourth-order valence-corrected chi connectivity index (χ4v) is 2.93. The van der Waals surface area contributed by atoms with Crippen LogP contribution >= 0.6 is 23.2 Å². The van der Waals surface area contributed by atoms with E-state index in [9.17, 15) is 9.59 Å². The molecule has 0 bridgehead atoms. The first-order valence-electron chi connectivity index (χ1n) is 8.95. The Bertz CT molecular complexity index is 1030. The normalized spacial score (nSPS) is 10.2. The lowest BCUT2D eigenvalue weighted by atomic mass is 10.2. The van der Waals surface area contributed by atoms with Gasteiger partial charge in [0.2, 0.25) is 0 Å². The number of rotatable bonds is 8. The summed E-state index contributed by atoms with van der Waals surface area (Å²) in [7, 11) is 0. The number of ether oxygens (including phenoxy) is 2. The van der Waals surface area contributed by atoms with E-state index in [1.807, 2.05) is 18.2 Å². The van der Waals surface area contributed by atoms with Crippen molar-refractivity contribution in [1.82, 2.24) is 0 Å². The summed E-state index contributed by atoms with van der Waals surface area (Å²) in [5, 5.41) is 6.21. The lowest BCUT2D eigenvalue weighted by molar-refractivity contribution is -0.118. The van der Waals surface area contributed by atoms with Crippen LogP contribution in [0.4, 0.5) is 11.4 Å². The molecule has 2 amide bonds. The zero-order valence-corrected chi connectivity index (χ0v) is 17.2. The maximum atomic E-state index is 12.1. The standard InChI is InChI=1S/C22H18Cl2N2O4/c23-15-9-10-20(19(24)11-15)30-14-22(28)26-17-6-4-5-16(12-17)25-21(27)13-29-18-7-2-1-3-8-18/h1-12H,13-14H2,(H,25,27)(H,26,28). The van der Waals surface area contributed by atoms with Crippen molar-refractivity contribution in [3.05, 3.63) is 82.8 Å². The van der Waals surface area contributed by atoms with E-state index < -0.39 is 0 Å². The highest BCUT2D eigenvalue weighted by Crippen LogP contribution is 2.27. The number of amides is 2. The lowest BCUT2D eigenvalue weighted by Crippen LogP contribution is -2.21. The Morgan fingerprint density at radius 2 is 1.37 bits per heavy atom. The highest BCUT2D eigenvalue weighted by atomic mass is 35.5. The summed E-state index contributed by atoms with van der Waals surface area (Å²) in [6.45, 7) is -0.362. The number of benzene rings is 3. The van der Waals surface area contributed by atoms with Crippen LogP contribution in [-0.4, -0.2) is 25.0 Å². The van der Waals surface area contributed by atoms with Gasteiger partial charge in [-0.2, -0.15) is 0 Å². The van der Waals surface area contributed by atoms with Gasteiger partial charge < -0.3 is 20.1 Å². The molecule has 0 saturated carbocycles. The smallest absolute Gasteiger partial charge is 0.262 e. The van der Waals surface area contributed by atoms with Crippen LogP contribution in [0.2, 0.25) is 10.0 Å². The topological polar surface area (TPSA) is 76.7 Å². The Hall–Kier alpha value is -3.22. The maximum Gasteiger partial charge on any atom is 0.262 e. The number of hydrogen-bond donors (Lipinski definition) is 2. The molecule has 0 radical (unpaired) electrons. The van der Waals surface area contributed by atoms with E-state index >= 15 is 0 Å². The Morgan fingerprint density at radius 1 is 0.733 bits per heavy atom. The van der Waals surface area contributed by atoms with Crippen molar-refractivity contribution < 1.29 is 19.1 Å². The molecule has 154 valence electrons. The summed E-state index contributed by atoms with van der Waals surface area (Å²) in [4.78, 5) is 24.2. The number of anilines is 2. The van der Waals surface area contributed by atoms with Gasteiger partial charge in [0.25, 0.3) is 11.8 Å². The number of hydrogen-bond acceptors (Lipinski definition) is 4. The first kappa shape index (κ1) is 21.5. The maximum absolute atomic E-state index is 12.1. The average molecular weight is 445 g/mol. The number of carbonyl (C=O) groups excluding carboxylic acids is 2. The van der Waals surface area contributed by atoms with E-state index in [0.29, 0.717) is 32.9 Å². The van der Waals surface area contributed by atoms with Crippen LogP contribution in [-0.2, 0) is 9.59 Å². The lowest BCUT2D eigenvalue weighted by Gasteiger charge is -2.11. The Kier molecular flexibility index (Phi) is 7.54. The molecular weight excluding hydrogens is 427 g/mol. The third-order valence-electron chi connectivity index (χ3n) is 3.80. The molecule has 0 aromatic heterocycles. The van der Waals surface area contributed by atoms with Crippen molar-refractivity contribution in [3.63, 3.8) is 0 Å². The fourth-order valence-electron chi connectivity index (χ4n) is 2.47. The predicted octanol–water partition coefficient (Wildman–Crippen LogP) is 5.03. The van der Waals surface area contributed by atoms with E-state index in [1.54, 1.807) is 48.5 Å². The van der Waals surface area contributed by atoms with E-state index in [0.717, 1.165) is 0 Å². The van der Waals surface area contributed by atoms with Crippen molar-refractivity contribution in [1.29, 1.82) is 0 Å². The van der Waals surface area contributed by atoms with E-state index in [4.69, 9.17) is 32.7 Å². The number of carbonyl (C=O) groups is 2. The minimum atomic E-state index is -0.378. The summed E-state index contributed by atoms with van der Waals surface area (Å²) < 4.78 is 10.8. The molecule has 30 heavy (non-hydrogen) atoms. The van der Waals surface area contributed by atoms with Gasteiger partial charge in [-0.3, -0.25) is 9.59 Å². The second-order valence-corrected chi connectivity index (χ2v) is 6.99. The molecule has 0 aliphatic rings. The molecular formula is C22H18Cl2N2O4. The average Bonchev–Trinajstić information content (AvgIpc) is 2.73. The number of halogens is 2. The number of nitrogens with one attached hydrogen (secondary N) is 2. The van der Waals surface area contributed by atoms with Crippen LogP contribution in [0, 0.1) is 0 Å². The van der Waals surface area contributed by atoms with Gasteiger partial charge in [-0.15, -0.1) is 0 Å². The van der Waals surface area contributed by atoms with Crippen LogP contribution in [0.15, 0.2) is 72.8 Å². The molecule has 0 aliphatic heterocycles. The molecule has 8 heteroatoms. The summed E-state index contributed by atoms with van der Waals surface area (Å²) >= 11 is 11.8. The molecule has 0 unspecified atom stereocenters. The van der Waals surface area contributed by atoms with Gasteiger partial charge in [-0.25, -0.2) is 0 Å². The van der Waals surface area contributed by atoms with Crippen LogP contribution in [0.25, 0.3) is 0 Å². The first-order chi connectivity index (χ1) is 14.5. The zero-order chi connectivity index (χ0) is 21.3. The molecule has 6 nitrogen and oxygen atoms in total. The van der Waals surface area contributed by atoms with Crippen LogP contribution in [0.3, 0.4) is 0 Å². The second kappa shape index (κ2) is 10.5. The third-order valence-corrected chi connectivity index (χ3v) is 4.33. The zero-order valence-electron chi connectivity index (χ0n) is 15.7. The first-order valence-corrected chi connectivity index (χ1v) is 9.70. The molecule has 3 aromatic carbocycles. The highest BCUT2D eigenvalue weighted by molar-refractivity contribution is 6.35. The SMILES string of the molecule is O=C(COc1ccccc1)Nc1cccc(NC(=O)COc2ccc(Cl)cc2Cl)c1. The van der Waals surface area contributed by atoms with Gasteiger partial charge in [0.15, 0.2) is 13.2 Å². The van der Waals surface area contributed by atoms with Gasteiger partial charge in [-0.05, 0) is 48.5 Å². The monoisotopic (exact) mass is 444 g/mol. The summed E-state index contributed by atoms with van der Waals surface area (Å²) in [6.07, 6.45) is 0. The van der Waals surface area contributed by atoms with Gasteiger partial charge in [0.05, 0.1) is 5.02 Å². The highest BCUT2D eigenvalue weighted by Gasteiger charge is 2.09. The van der Waals surface area contributed by atoms with E-state index in [-0.39, 0.29) is 25.0 Å². The number of para-hydroxylation sites is 1.